The van der Waals surface area contributed by atoms with Crippen LogP contribution in [0.25, 0.3) is 0 Å². The second kappa shape index (κ2) is 7.27. The van der Waals surface area contributed by atoms with Crippen molar-refractivity contribution in [2.75, 3.05) is 19.8 Å². The Hall–Kier alpha value is -2.07. The summed E-state index contributed by atoms with van der Waals surface area (Å²) < 4.78 is 11.4. The summed E-state index contributed by atoms with van der Waals surface area (Å²) in [6.45, 7) is 4.51. The van der Waals surface area contributed by atoms with E-state index in [2.05, 4.69) is 35.4 Å². The van der Waals surface area contributed by atoms with Gasteiger partial charge in [0.2, 0.25) is 0 Å². The van der Waals surface area contributed by atoms with Crippen LogP contribution < -0.4 is 14.8 Å². The Morgan fingerprint density at radius 3 is 2.82 bits per heavy atom. The molecule has 0 spiro atoms. The van der Waals surface area contributed by atoms with Crippen LogP contribution in [-0.2, 0) is 6.42 Å². The predicted molar refractivity (Wildman–Crippen MR) is 86.4 cm³/mol. The largest absolute Gasteiger partial charge is 0.490 e. The van der Waals surface area contributed by atoms with Crippen LogP contribution in [0, 0.1) is 0 Å². The fourth-order valence-corrected chi connectivity index (χ4v) is 2.53. The summed E-state index contributed by atoms with van der Waals surface area (Å²) >= 11 is 0. The van der Waals surface area contributed by atoms with Gasteiger partial charge in [0, 0.05) is 37.3 Å². The molecule has 0 saturated heterocycles. The maximum atomic E-state index is 5.75. The molecule has 4 heteroatoms. The molecule has 0 amide bonds. The van der Waals surface area contributed by atoms with Gasteiger partial charge >= 0.3 is 0 Å². The number of nitrogens with one attached hydrogen (secondary N) is 1. The average Bonchev–Trinajstić information content (AvgIpc) is 2.80. The predicted octanol–water partition coefficient (Wildman–Crippen LogP) is 3.14. The smallest absolute Gasteiger partial charge is 0.161 e. The number of hydrogen-bond donors (Lipinski definition) is 1. The van der Waals surface area contributed by atoms with E-state index >= 15 is 0 Å². The number of nitrogens with zero attached hydrogens (tertiary/aromatic N) is 1. The number of ether oxygens (including phenoxy) is 2. The number of aromatic nitrogens is 1. The van der Waals surface area contributed by atoms with Gasteiger partial charge in [-0.15, -0.1) is 0 Å². The Morgan fingerprint density at radius 2 is 2.00 bits per heavy atom. The Bertz CT molecular complexity index is 601. The molecule has 0 bridgehead atoms. The number of fused-ring (bicyclic) bond motifs is 1. The molecule has 1 aliphatic rings. The van der Waals surface area contributed by atoms with Crippen LogP contribution in [0.3, 0.4) is 0 Å². The minimum Gasteiger partial charge on any atom is -0.490 e. The number of hydrogen-bond acceptors (Lipinski definition) is 4. The van der Waals surface area contributed by atoms with Gasteiger partial charge in [-0.3, -0.25) is 4.98 Å². The van der Waals surface area contributed by atoms with Crippen LogP contribution in [0.5, 0.6) is 11.5 Å². The minimum atomic E-state index is 0.265. The lowest BCUT2D eigenvalue weighted by molar-refractivity contribution is 0.297. The first-order chi connectivity index (χ1) is 10.8. The third-order valence-electron chi connectivity index (χ3n) is 3.83. The van der Waals surface area contributed by atoms with E-state index < -0.39 is 0 Å². The van der Waals surface area contributed by atoms with E-state index in [4.69, 9.17) is 9.47 Å². The summed E-state index contributed by atoms with van der Waals surface area (Å²) in [6, 6.07) is 12.5. The topological polar surface area (TPSA) is 43.4 Å². The first kappa shape index (κ1) is 14.9. The van der Waals surface area contributed by atoms with Crippen molar-refractivity contribution in [3.05, 3.63) is 53.9 Å². The number of rotatable bonds is 5. The summed E-state index contributed by atoms with van der Waals surface area (Å²) in [5.74, 6) is 1.70. The van der Waals surface area contributed by atoms with Gasteiger partial charge in [-0.25, -0.2) is 0 Å². The zero-order valence-electron chi connectivity index (χ0n) is 12.9. The summed E-state index contributed by atoms with van der Waals surface area (Å²) in [5.41, 5.74) is 2.33. The highest BCUT2D eigenvalue weighted by molar-refractivity contribution is 5.44. The Balaban J connectivity index is 1.58. The monoisotopic (exact) mass is 298 g/mol. The van der Waals surface area contributed by atoms with Gasteiger partial charge in [0.15, 0.2) is 11.5 Å². The Labute approximate surface area is 131 Å². The van der Waals surface area contributed by atoms with Crippen LogP contribution in [0.15, 0.2) is 42.6 Å². The molecule has 1 aliphatic heterocycles. The van der Waals surface area contributed by atoms with Crippen LogP contribution in [0.4, 0.5) is 0 Å². The minimum absolute atomic E-state index is 0.265. The van der Waals surface area contributed by atoms with Gasteiger partial charge in [0.25, 0.3) is 0 Å². The van der Waals surface area contributed by atoms with E-state index in [1.54, 1.807) is 0 Å². The second-order valence-corrected chi connectivity index (χ2v) is 5.50. The average molecular weight is 298 g/mol. The molecule has 1 unspecified atom stereocenters. The summed E-state index contributed by atoms with van der Waals surface area (Å²) in [6.07, 6.45) is 3.69. The highest BCUT2D eigenvalue weighted by Crippen LogP contribution is 2.32. The van der Waals surface area contributed by atoms with Crippen molar-refractivity contribution >= 4 is 0 Å². The molecule has 0 aliphatic carbocycles. The molecule has 4 nitrogen and oxygen atoms in total. The lowest BCUT2D eigenvalue weighted by Gasteiger charge is -2.16. The van der Waals surface area contributed by atoms with E-state index in [1.807, 2.05) is 24.4 Å². The SMILES string of the molecule is CC(NCCc1ccccn1)c1ccc2c(c1)OCCCO2. The molecule has 1 N–H and O–H groups in total. The molecule has 0 fully saturated rings. The van der Waals surface area contributed by atoms with Crippen molar-refractivity contribution in [3.8, 4) is 11.5 Å². The van der Waals surface area contributed by atoms with E-state index in [0.717, 1.165) is 49.8 Å². The molecule has 1 atom stereocenters. The molecule has 2 heterocycles. The number of benzene rings is 1. The zero-order chi connectivity index (χ0) is 15.2. The Kier molecular flexibility index (Phi) is 4.91. The molecule has 116 valence electrons. The second-order valence-electron chi connectivity index (χ2n) is 5.50. The van der Waals surface area contributed by atoms with Gasteiger partial charge in [0.1, 0.15) is 0 Å². The molecular weight excluding hydrogens is 276 g/mol. The lowest BCUT2D eigenvalue weighted by atomic mass is 10.1. The first-order valence-electron chi connectivity index (χ1n) is 7.86. The van der Waals surface area contributed by atoms with E-state index in [9.17, 15) is 0 Å². The van der Waals surface area contributed by atoms with Crippen LogP contribution in [0.2, 0.25) is 0 Å². The zero-order valence-corrected chi connectivity index (χ0v) is 12.9. The van der Waals surface area contributed by atoms with Gasteiger partial charge in [-0.05, 0) is 36.8 Å². The van der Waals surface area contributed by atoms with Crippen molar-refractivity contribution in [2.24, 2.45) is 0 Å². The molecule has 3 rings (SSSR count). The molecule has 22 heavy (non-hydrogen) atoms. The molecule has 0 radical (unpaired) electrons. The van der Waals surface area contributed by atoms with Gasteiger partial charge in [0.05, 0.1) is 13.2 Å². The molecule has 0 saturated carbocycles. The van der Waals surface area contributed by atoms with Gasteiger partial charge < -0.3 is 14.8 Å². The van der Waals surface area contributed by atoms with Crippen molar-refractivity contribution in [2.45, 2.75) is 25.8 Å². The summed E-state index contributed by atoms with van der Waals surface area (Å²) in [7, 11) is 0. The fraction of sp³-hybridized carbons (Fsp3) is 0.389. The van der Waals surface area contributed by atoms with E-state index in [-0.39, 0.29) is 6.04 Å². The third kappa shape index (κ3) is 3.77. The normalized spacial score (nSPS) is 15.1. The molecule has 1 aromatic carbocycles. The van der Waals surface area contributed by atoms with Gasteiger partial charge in [-0.2, -0.15) is 0 Å². The highest BCUT2D eigenvalue weighted by atomic mass is 16.5. The third-order valence-corrected chi connectivity index (χ3v) is 3.83. The number of pyridine rings is 1. The van der Waals surface area contributed by atoms with Crippen molar-refractivity contribution in [1.82, 2.24) is 10.3 Å². The first-order valence-corrected chi connectivity index (χ1v) is 7.86. The van der Waals surface area contributed by atoms with Crippen molar-refractivity contribution < 1.29 is 9.47 Å². The van der Waals surface area contributed by atoms with E-state index in [1.165, 1.54) is 5.56 Å². The van der Waals surface area contributed by atoms with Crippen LogP contribution in [0.1, 0.15) is 30.6 Å². The Morgan fingerprint density at radius 1 is 1.14 bits per heavy atom. The molecule has 1 aromatic heterocycles. The maximum Gasteiger partial charge on any atom is 0.161 e. The highest BCUT2D eigenvalue weighted by Gasteiger charge is 2.13. The van der Waals surface area contributed by atoms with Crippen LogP contribution in [-0.4, -0.2) is 24.7 Å². The summed E-state index contributed by atoms with van der Waals surface area (Å²) in [5, 5.41) is 3.53. The maximum absolute atomic E-state index is 5.75. The van der Waals surface area contributed by atoms with Crippen molar-refractivity contribution in [1.29, 1.82) is 0 Å². The lowest BCUT2D eigenvalue weighted by Crippen LogP contribution is -2.21. The standard InChI is InChI=1S/C18H22N2O2/c1-14(19-10-8-16-5-2-3-9-20-16)15-6-7-17-18(13-15)22-12-4-11-21-17/h2-3,5-7,9,13-14,19H,4,8,10-12H2,1H3. The van der Waals surface area contributed by atoms with Crippen LogP contribution >= 0.6 is 0 Å². The van der Waals surface area contributed by atoms with Crippen molar-refractivity contribution in [3.63, 3.8) is 0 Å². The quantitative estimate of drug-likeness (QED) is 0.921. The summed E-state index contributed by atoms with van der Waals surface area (Å²) in [4.78, 5) is 4.34. The fourth-order valence-electron chi connectivity index (χ4n) is 2.53. The van der Waals surface area contributed by atoms with E-state index in [0.29, 0.717) is 0 Å². The molecule has 2 aromatic rings. The molecular formula is C18H22N2O2. The van der Waals surface area contributed by atoms with Gasteiger partial charge in [-0.1, -0.05) is 12.1 Å².